The minimum atomic E-state index is -0.865. The highest BCUT2D eigenvalue weighted by molar-refractivity contribution is 5.88. The lowest BCUT2D eigenvalue weighted by Gasteiger charge is -2.50. The van der Waals surface area contributed by atoms with Crippen molar-refractivity contribution in [3.63, 3.8) is 0 Å². The lowest BCUT2D eigenvalue weighted by molar-refractivity contribution is -0.147. The molecule has 0 heterocycles. The number of hydrogen-bond donors (Lipinski definition) is 2. The highest BCUT2D eigenvalue weighted by atomic mass is 16.4. The largest absolute Gasteiger partial charge is 0.481 e. The van der Waals surface area contributed by atoms with E-state index in [-0.39, 0.29) is 11.3 Å². The van der Waals surface area contributed by atoms with Crippen LogP contribution in [0.5, 0.6) is 0 Å². The summed E-state index contributed by atoms with van der Waals surface area (Å²) >= 11 is 0. The first-order valence-electron chi connectivity index (χ1n) is 9.00. The van der Waals surface area contributed by atoms with Gasteiger partial charge in [0.1, 0.15) is 0 Å². The number of carboxylic acid groups (broad SMARTS) is 2. The Morgan fingerprint density at radius 2 is 1.92 bits per heavy atom. The minimum Gasteiger partial charge on any atom is -0.481 e. The second kappa shape index (κ2) is 5.33. The summed E-state index contributed by atoms with van der Waals surface area (Å²) in [6.45, 7) is 2.20. The van der Waals surface area contributed by atoms with Crippen LogP contribution < -0.4 is 0 Å². The van der Waals surface area contributed by atoms with Gasteiger partial charge in [0.05, 0.1) is 11.5 Å². The Hall–Kier alpha value is -1.84. The Labute approximate surface area is 141 Å². The van der Waals surface area contributed by atoms with E-state index in [1.54, 1.807) is 6.07 Å². The van der Waals surface area contributed by atoms with Gasteiger partial charge in [-0.15, -0.1) is 0 Å². The summed E-state index contributed by atoms with van der Waals surface area (Å²) in [6.07, 6.45) is 5.81. The molecule has 0 aromatic heterocycles. The molecule has 0 spiro atoms. The molecule has 0 radical (unpaired) electrons. The summed E-state index contributed by atoms with van der Waals surface area (Å²) < 4.78 is 0. The van der Waals surface area contributed by atoms with Gasteiger partial charge in [0.2, 0.25) is 0 Å². The van der Waals surface area contributed by atoms with Crippen LogP contribution in [-0.2, 0) is 11.2 Å². The van der Waals surface area contributed by atoms with Crippen LogP contribution >= 0.6 is 0 Å². The minimum absolute atomic E-state index is 0.0640. The van der Waals surface area contributed by atoms with Gasteiger partial charge in [0.15, 0.2) is 0 Å². The third kappa shape index (κ3) is 2.11. The molecule has 1 aromatic carbocycles. The van der Waals surface area contributed by atoms with Crippen LogP contribution in [0.1, 0.15) is 66.4 Å². The van der Waals surface area contributed by atoms with Crippen molar-refractivity contribution in [2.75, 3.05) is 0 Å². The molecule has 24 heavy (non-hydrogen) atoms. The van der Waals surface area contributed by atoms with E-state index in [4.69, 9.17) is 0 Å². The molecular formula is C20H24O4. The molecule has 2 saturated carbocycles. The molecule has 0 unspecified atom stereocenters. The highest BCUT2D eigenvalue weighted by Crippen LogP contribution is 2.62. The summed E-state index contributed by atoms with van der Waals surface area (Å²) in [5, 5.41) is 18.8. The van der Waals surface area contributed by atoms with Gasteiger partial charge in [-0.05, 0) is 85.0 Å². The Bertz CT molecular complexity index is 710. The Kier molecular flexibility index (Phi) is 3.48. The standard InChI is InChI=1S/C20H24O4/c1-20-9-8-14-13-4-3-12(18(21)22)10-11(13)2-5-15(14)16(20)6-7-17(20)19(23)24/h3-4,10,14-17H,2,5-9H2,1H3,(H,21,22)(H,23,24)/t14-,15-,16+,17-,20+/m1/s1. The fraction of sp³-hybridized carbons (Fsp3) is 0.600. The predicted octanol–water partition coefficient (Wildman–Crippen LogP) is 3.94. The molecule has 0 aliphatic heterocycles. The molecule has 3 aliphatic carbocycles. The van der Waals surface area contributed by atoms with Crippen LogP contribution in [0.4, 0.5) is 0 Å². The van der Waals surface area contributed by atoms with Crippen molar-refractivity contribution in [1.82, 2.24) is 0 Å². The number of aliphatic carboxylic acids is 1. The molecule has 2 N–H and O–H groups in total. The van der Waals surface area contributed by atoms with E-state index in [2.05, 4.69) is 6.92 Å². The number of hydrogen-bond acceptors (Lipinski definition) is 2. The second-order valence-corrected chi connectivity index (χ2v) is 8.15. The molecule has 3 aliphatic rings. The monoisotopic (exact) mass is 328 g/mol. The second-order valence-electron chi connectivity index (χ2n) is 8.15. The SMILES string of the molecule is C[C@]12CC[C@@H]3c4ccc(C(=O)O)cc4CC[C@H]3[C@@H]1CC[C@@H]2C(=O)O. The average Bonchev–Trinajstić information content (AvgIpc) is 2.91. The van der Waals surface area contributed by atoms with E-state index in [0.717, 1.165) is 38.5 Å². The molecule has 128 valence electrons. The number of carbonyl (C=O) groups is 2. The van der Waals surface area contributed by atoms with Gasteiger partial charge >= 0.3 is 11.9 Å². The van der Waals surface area contributed by atoms with Crippen LogP contribution in [0.15, 0.2) is 18.2 Å². The van der Waals surface area contributed by atoms with Crippen molar-refractivity contribution in [1.29, 1.82) is 0 Å². The lowest BCUT2D eigenvalue weighted by atomic mass is 9.54. The Balaban J connectivity index is 1.67. The third-order valence-corrected chi connectivity index (χ3v) is 7.27. The summed E-state index contributed by atoms with van der Waals surface area (Å²) in [5.74, 6) is -0.167. The van der Waals surface area contributed by atoms with Gasteiger partial charge in [-0.3, -0.25) is 4.79 Å². The van der Waals surface area contributed by atoms with Gasteiger partial charge < -0.3 is 10.2 Å². The van der Waals surface area contributed by atoms with Crippen LogP contribution in [0.3, 0.4) is 0 Å². The molecule has 4 nitrogen and oxygen atoms in total. The van der Waals surface area contributed by atoms with Crippen molar-refractivity contribution in [2.24, 2.45) is 23.2 Å². The van der Waals surface area contributed by atoms with Gasteiger partial charge in [-0.25, -0.2) is 4.79 Å². The van der Waals surface area contributed by atoms with Crippen LogP contribution in [0.2, 0.25) is 0 Å². The Morgan fingerprint density at radius 3 is 2.62 bits per heavy atom. The normalized spacial score (nSPS) is 37.2. The number of aromatic carboxylic acids is 1. The molecular weight excluding hydrogens is 304 g/mol. The van der Waals surface area contributed by atoms with E-state index in [9.17, 15) is 19.8 Å². The van der Waals surface area contributed by atoms with E-state index >= 15 is 0 Å². The smallest absolute Gasteiger partial charge is 0.335 e. The topological polar surface area (TPSA) is 74.6 Å². The summed E-state index contributed by atoms with van der Waals surface area (Å²) in [4.78, 5) is 22.9. The van der Waals surface area contributed by atoms with Gasteiger partial charge in [0.25, 0.3) is 0 Å². The summed E-state index contributed by atoms with van der Waals surface area (Å²) in [5.41, 5.74) is 2.81. The summed E-state index contributed by atoms with van der Waals surface area (Å²) in [7, 11) is 0. The molecule has 0 amide bonds. The van der Waals surface area contributed by atoms with Crippen molar-refractivity contribution < 1.29 is 19.8 Å². The zero-order valence-corrected chi connectivity index (χ0v) is 14.0. The van der Waals surface area contributed by atoms with Crippen LogP contribution in [-0.4, -0.2) is 22.2 Å². The molecule has 1 aromatic rings. The molecule has 2 fully saturated rings. The third-order valence-electron chi connectivity index (χ3n) is 7.27. The van der Waals surface area contributed by atoms with Crippen LogP contribution in [0, 0.1) is 23.2 Å². The number of aryl methyl sites for hydroxylation is 1. The lowest BCUT2D eigenvalue weighted by Crippen LogP contribution is -2.44. The van der Waals surface area contributed by atoms with E-state index < -0.39 is 11.9 Å². The number of benzene rings is 1. The van der Waals surface area contributed by atoms with Crippen molar-refractivity contribution >= 4 is 11.9 Å². The molecule has 0 saturated heterocycles. The zero-order chi connectivity index (χ0) is 17.1. The number of rotatable bonds is 2. The molecule has 4 heteroatoms. The highest BCUT2D eigenvalue weighted by Gasteiger charge is 2.56. The van der Waals surface area contributed by atoms with E-state index in [1.165, 1.54) is 11.1 Å². The van der Waals surface area contributed by atoms with E-state index in [0.29, 0.717) is 23.3 Å². The van der Waals surface area contributed by atoms with E-state index in [1.807, 2.05) is 12.1 Å². The van der Waals surface area contributed by atoms with Crippen LogP contribution in [0.25, 0.3) is 0 Å². The number of carboxylic acids is 2. The molecule has 5 atom stereocenters. The maximum Gasteiger partial charge on any atom is 0.335 e. The maximum atomic E-state index is 11.7. The average molecular weight is 328 g/mol. The van der Waals surface area contributed by atoms with Crippen molar-refractivity contribution in [3.05, 3.63) is 34.9 Å². The molecule has 4 rings (SSSR count). The Morgan fingerprint density at radius 1 is 1.12 bits per heavy atom. The fourth-order valence-corrected chi connectivity index (χ4v) is 6.12. The van der Waals surface area contributed by atoms with Crippen molar-refractivity contribution in [2.45, 2.75) is 51.4 Å². The zero-order valence-electron chi connectivity index (χ0n) is 14.0. The maximum absolute atomic E-state index is 11.7. The first kappa shape index (κ1) is 15.7. The van der Waals surface area contributed by atoms with Crippen molar-refractivity contribution in [3.8, 4) is 0 Å². The fourth-order valence-electron chi connectivity index (χ4n) is 6.12. The first-order chi connectivity index (χ1) is 11.4. The summed E-state index contributed by atoms with van der Waals surface area (Å²) in [6, 6.07) is 5.59. The number of fused-ring (bicyclic) bond motifs is 5. The van der Waals surface area contributed by atoms with Gasteiger partial charge in [-0.2, -0.15) is 0 Å². The van der Waals surface area contributed by atoms with Gasteiger partial charge in [0, 0.05) is 0 Å². The van der Waals surface area contributed by atoms with Gasteiger partial charge in [-0.1, -0.05) is 13.0 Å². The predicted molar refractivity (Wildman–Crippen MR) is 89.1 cm³/mol. The quantitative estimate of drug-likeness (QED) is 0.862. The first-order valence-corrected chi connectivity index (χ1v) is 9.00. The molecule has 0 bridgehead atoms.